The fourth-order valence-corrected chi connectivity index (χ4v) is 1.12. The monoisotopic (exact) mass is 194 g/mol. The van der Waals surface area contributed by atoms with Crippen LogP contribution in [0.5, 0.6) is 0 Å². The number of ether oxygens (including phenoxy) is 1. The van der Waals surface area contributed by atoms with E-state index in [1.54, 1.807) is 0 Å². The first-order valence-corrected chi connectivity index (χ1v) is 5.32. The number of hydrogen-bond donors (Lipinski definition) is 0. The molecule has 0 amide bonds. The Balaban J connectivity index is 0.000000791. The summed E-state index contributed by atoms with van der Waals surface area (Å²) in [6, 6.07) is 0. The molecule has 0 N–H and O–H groups in total. The molecule has 0 saturated heterocycles. The number of hydrogen-bond acceptors (Lipinski definition) is 1. The van der Waals surface area contributed by atoms with Crippen molar-refractivity contribution >= 4 is 0 Å². The number of allylic oxidation sites excluding steroid dienone is 4. The topological polar surface area (TPSA) is 9.23 Å². The number of rotatable bonds is 3. The van der Waals surface area contributed by atoms with Gasteiger partial charge in [-0.15, -0.1) is 0 Å². The highest BCUT2D eigenvalue weighted by atomic mass is 16.5. The first-order valence-electron chi connectivity index (χ1n) is 5.32. The van der Waals surface area contributed by atoms with Gasteiger partial charge >= 0.3 is 0 Å². The Morgan fingerprint density at radius 2 is 2.00 bits per heavy atom. The van der Waals surface area contributed by atoms with Crippen LogP contribution in [-0.4, -0.2) is 6.61 Å². The van der Waals surface area contributed by atoms with E-state index in [2.05, 4.69) is 25.7 Å². The minimum atomic E-state index is 0.707. The largest absolute Gasteiger partial charge is 0.495 e. The standard InChI is InChI=1S/C11H16O.C2H6/c1-9(2)12-8-11-6-4-10(3)5-7-11;1-2/h4,6H,1,5,7-8H2,2-3H3;1-2H3. The van der Waals surface area contributed by atoms with E-state index in [9.17, 15) is 0 Å². The molecule has 0 spiro atoms. The van der Waals surface area contributed by atoms with Crippen molar-refractivity contribution in [1.29, 1.82) is 0 Å². The molecule has 0 bridgehead atoms. The summed E-state index contributed by atoms with van der Waals surface area (Å²) < 4.78 is 5.32. The Labute approximate surface area is 88.2 Å². The molecular formula is C13H22O. The fourth-order valence-electron chi connectivity index (χ4n) is 1.12. The average molecular weight is 194 g/mol. The van der Waals surface area contributed by atoms with Crippen molar-refractivity contribution in [3.63, 3.8) is 0 Å². The molecule has 14 heavy (non-hydrogen) atoms. The maximum Gasteiger partial charge on any atom is 0.109 e. The maximum absolute atomic E-state index is 5.32. The predicted molar refractivity (Wildman–Crippen MR) is 63.2 cm³/mol. The van der Waals surface area contributed by atoms with E-state index in [1.807, 2.05) is 20.8 Å². The molecule has 0 aromatic carbocycles. The van der Waals surface area contributed by atoms with Gasteiger partial charge in [0.15, 0.2) is 0 Å². The molecule has 0 fully saturated rings. The minimum Gasteiger partial charge on any atom is -0.495 e. The molecule has 80 valence electrons. The summed E-state index contributed by atoms with van der Waals surface area (Å²) in [6.07, 6.45) is 6.63. The van der Waals surface area contributed by atoms with Crippen LogP contribution in [0.3, 0.4) is 0 Å². The molecule has 0 saturated carbocycles. The van der Waals surface area contributed by atoms with Crippen LogP contribution in [0.2, 0.25) is 0 Å². The van der Waals surface area contributed by atoms with Gasteiger partial charge in [-0.1, -0.05) is 38.2 Å². The van der Waals surface area contributed by atoms with Crippen molar-refractivity contribution in [3.05, 3.63) is 35.6 Å². The maximum atomic E-state index is 5.32. The lowest BCUT2D eigenvalue weighted by Gasteiger charge is -2.12. The lowest BCUT2D eigenvalue weighted by atomic mass is 10.0. The summed E-state index contributed by atoms with van der Waals surface area (Å²) in [4.78, 5) is 0. The second-order valence-electron chi connectivity index (χ2n) is 3.33. The molecular weight excluding hydrogens is 172 g/mol. The Morgan fingerprint density at radius 1 is 1.36 bits per heavy atom. The first kappa shape index (κ1) is 13.0. The highest BCUT2D eigenvalue weighted by Crippen LogP contribution is 2.18. The van der Waals surface area contributed by atoms with E-state index in [0.29, 0.717) is 6.61 Å². The van der Waals surface area contributed by atoms with Crippen LogP contribution in [-0.2, 0) is 4.74 Å². The van der Waals surface area contributed by atoms with Gasteiger partial charge in [-0.05, 0) is 32.3 Å². The fraction of sp³-hybridized carbons (Fsp3) is 0.538. The van der Waals surface area contributed by atoms with E-state index in [0.717, 1.165) is 12.2 Å². The summed E-state index contributed by atoms with van der Waals surface area (Å²) in [6.45, 7) is 12.4. The van der Waals surface area contributed by atoms with Gasteiger partial charge < -0.3 is 4.74 Å². The highest BCUT2D eigenvalue weighted by molar-refractivity contribution is 5.23. The average Bonchev–Trinajstić information content (AvgIpc) is 2.20. The van der Waals surface area contributed by atoms with Gasteiger partial charge in [-0.25, -0.2) is 0 Å². The van der Waals surface area contributed by atoms with Crippen LogP contribution in [0, 0.1) is 0 Å². The van der Waals surface area contributed by atoms with Crippen LogP contribution in [0.1, 0.15) is 40.5 Å². The van der Waals surface area contributed by atoms with Crippen molar-refractivity contribution in [1.82, 2.24) is 0 Å². The summed E-state index contributed by atoms with van der Waals surface area (Å²) in [5.74, 6) is 0.794. The summed E-state index contributed by atoms with van der Waals surface area (Å²) >= 11 is 0. The SMILES string of the molecule is C=C(C)OCC1=CC=C(C)CC1.CC. The van der Waals surface area contributed by atoms with E-state index >= 15 is 0 Å². The minimum absolute atomic E-state index is 0.707. The van der Waals surface area contributed by atoms with Gasteiger partial charge in [0.1, 0.15) is 6.61 Å². The van der Waals surface area contributed by atoms with Crippen LogP contribution in [0.4, 0.5) is 0 Å². The molecule has 1 nitrogen and oxygen atoms in total. The zero-order chi connectivity index (χ0) is 11.0. The van der Waals surface area contributed by atoms with E-state index < -0.39 is 0 Å². The molecule has 0 heterocycles. The van der Waals surface area contributed by atoms with Crippen LogP contribution in [0.15, 0.2) is 35.6 Å². The molecule has 1 rings (SSSR count). The zero-order valence-corrected chi connectivity index (χ0v) is 9.89. The van der Waals surface area contributed by atoms with E-state index in [1.165, 1.54) is 17.6 Å². The zero-order valence-electron chi connectivity index (χ0n) is 9.89. The van der Waals surface area contributed by atoms with Gasteiger partial charge in [-0.2, -0.15) is 0 Å². The Hall–Kier alpha value is -0.980. The van der Waals surface area contributed by atoms with Crippen molar-refractivity contribution in [2.24, 2.45) is 0 Å². The van der Waals surface area contributed by atoms with Crippen LogP contribution < -0.4 is 0 Å². The summed E-state index contributed by atoms with van der Waals surface area (Å²) in [5, 5.41) is 0. The van der Waals surface area contributed by atoms with Crippen molar-refractivity contribution in [2.45, 2.75) is 40.5 Å². The van der Waals surface area contributed by atoms with E-state index in [-0.39, 0.29) is 0 Å². The summed E-state index contributed by atoms with van der Waals surface area (Å²) in [7, 11) is 0. The first-order chi connectivity index (χ1) is 6.68. The van der Waals surface area contributed by atoms with Crippen molar-refractivity contribution in [2.75, 3.05) is 6.61 Å². The van der Waals surface area contributed by atoms with Gasteiger partial charge in [0.2, 0.25) is 0 Å². The second-order valence-corrected chi connectivity index (χ2v) is 3.33. The van der Waals surface area contributed by atoms with Gasteiger partial charge in [-0.3, -0.25) is 0 Å². The third kappa shape index (κ3) is 5.63. The molecule has 1 aliphatic rings. The Bertz CT molecular complexity index is 234. The molecule has 1 aliphatic carbocycles. The Kier molecular flexibility index (Phi) is 6.91. The van der Waals surface area contributed by atoms with Crippen molar-refractivity contribution < 1.29 is 4.74 Å². The quantitative estimate of drug-likeness (QED) is 0.611. The van der Waals surface area contributed by atoms with Gasteiger partial charge in [0, 0.05) is 0 Å². The molecule has 1 heteroatoms. The third-order valence-electron chi connectivity index (χ3n) is 1.95. The molecule has 0 radical (unpaired) electrons. The lowest BCUT2D eigenvalue weighted by Crippen LogP contribution is -1.99. The second kappa shape index (κ2) is 7.43. The highest BCUT2D eigenvalue weighted by Gasteiger charge is 2.02. The molecule has 0 aliphatic heterocycles. The van der Waals surface area contributed by atoms with Crippen LogP contribution >= 0.6 is 0 Å². The molecule has 0 unspecified atom stereocenters. The third-order valence-corrected chi connectivity index (χ3v) is 1.95. The molecule has 0 aromatic rings. The van der Waals surface area contributed by atoms with Gasteiger partial charge in [0.25, 0.3) is 0 Å². The van der Waals surface area contributed by atoms with E-state index in [4.69, 9.17) is 4.74 Å². The summed E-state index contributed by atoms with van der Waals surface area (Å²) in [5.41, 5.74) is 2.82. The molecule has 0 aromatic heterocycles. The van der Waals surface area contributed by atoms with Gasteiger partial charge in [0.05, 0.1) is 5.76 Å². The normalized spacial score (nSPS) is 14.6. The van der Waals surface area contributed by atoms with Crippen molar-refractivity contribution in [3.8, 4) is 0 Å². The van der Waals surface area contributed by atoms with Crippen LogP contribution in [0.25, 0.3) is 0 Å². The predicted octanol–water partition coefficient (Wildman–Crippen LogP) is 4.23. The smallest absolute Gasteiger partial charge is 0.109 e. The Morgan fingerprint density at radius 3 is 2.43 bits per heavy atom. The molecule has 0 atom stereocenters. The lowest BCUT2D eigenvalue weighted by molar-refractivity contribution is 0.240.